The van der Waals surface area contributed by atoms with Crippen LogP contribution >= 0.6 is 0 Å². The lowest BCUT2D eigenvalue weighted by molar-refractivity contribution is -0.192. The summed E-state index contributed by atoms with van der Waals surface area (Å²) in [6.45, 7) is 0. The maximum Gasteiger partial charge on any atom is 0.490 e. The first-order valence-corrected chi connectivity index (χ1v) is 15.3. The van der Waals surface area contributed by atoms with Crippen molar-refractivity contribution in [3.63, 3.8) is 0 Å². The first-order valence-electron chi connectivity index (χ1n) is 15.3. The first-order chi connectivity index (χ1) is 24.5. The van der Waals surface area contributed by atoms with E-state index in [4.69, 9.17) is 39.3 Å². The van der Waals surface area contributed by atoms with Gasteiger partial charge in [-0.2, -0.15) is 13.2 Å². The number of nitrogens with one attached hydrogen (secondary N) is 6. The number of imidazole rings is 2. The van der Waals surface area contributed by atoms with E-state index in [1.54, 1.807) is 14.2 Å². The molecule has 6 aromatic rings. The molecule has 0 bridgehead atoms. The van der Waals surface area contributed by atoms with E-state index in [2.05, 4.69) is 43.4 Å². The fourth-order valence-corrected chi connectivity index (χ4v) is 5.88. The number of fused-ring (bicyclic) bond motifs is 3. The molecule has 0 spiro atoms. The molecule has 2 aliphatic rings. The van der Waals surface area contributed by atoms with Gasteiger partial charge in [0.1, 0.15) is 11.5 Å². The van der Waals surface area contributed by atoms with Crippen LogP contribution in [0.2, 0.25) is 0 Å². The predicted octanol–water partition coefficient (Wildman–Crippen LogP) is 5.24. The number of ether oxygens (including phenoxy) is 2. The summed E-state index contributed by atoms with van der Waals surface area (Å²) < 4.78 is 42.5. The smallest absolute Gasteiger partial charge is 0.490 e. The van der Waals surface area contributed by atoms with Crippen LogP contribution in [0.5, 0.6) is 11.5 Å². The molecule has 4 heterocycles. The molecular weight excluding hydrogens is 669 g/mol. The summed E-state index contributed by atoms with van der Waals surface area (Å²) >= 11 is 0. The number of aromatic nitrogens is 4. The predicted molar refractivity (Wildman–Crippen MR) is 184 cm³/mol. The van der Waals surface area contributed by atoms with Crippen LogP contribution < -0.4 is 30.7 Å². The minimum atomic E-state index is -5.08. The normalized spacial score (nSPS) is 19.2. The summed E-state index contributed by atoms with van der Waals surface area (Å²) in [6, 6.07) is 31.5. The number of carbonyl (C=O) groups is 1. The second-order valence-corrected chi connectivity index (χ2v) is 11.3. The van der Waals surface area contributed by atoms with Crippen molar-refractivity contribution >= 4 is 51.9 Å². The SMILES string of the molecule is COc1ccc2nc(NC3=NC4(c5ccccc5)N=C(Nc5nc6ccc(OC)cc6[nH]5)NC4(c4ccccc4)N3)[nH]c2c1.O=C(O)C(F)(F)F. The van der Waals surface area contributed by atoms with Crippen LogP contribution in [0.1, 0.15) is 11.1 Å². The minimum Gasteiger partial charge on any atom is -0.497 e. The van der Waals surface area contributed by atoms with Crippen LogP contribution in [0, 0.1) is 0 Å². The molecule has 7 N–H and O–H groups in total. The molecule has 51 heavy (non-hydrogen) atoms. The highest BCUT2D eigenvalue weighted by Gasteiger charge is 2.63. The van der Waals surface area contributed by atoms with Gasteiger partial charge in [0.2, 0.25) is 29.5 Å². The Morgan fingerprint density at radius 1 is 0.706 bits per heavy atom. The Morgan fingerprint density at radius 2 is 1.14 bits per heavy atom. The molecule has 0 atom stereocenters. The number of H-pyrrole nitrogens is 2. The third-order valence-corrected chi connectivity index (χ3v) is 8.16. The van der Waals surface area contributed by atoms with E-state index >= 15 is 0 Å². The summed E-state index contributed by atoms with van der Waals surface area (Å²) in [4.78, 5) is 35.4. The van der Waals surface area contributed by atoms with Gasteiger partial charge in [0.15, 0.2) is 5.66 Å². The van der Waals surface area contributed by atoms with Gasteiger partial charge < -0.3 is 35.2 Å². The average Bonchev–Trinajstić information content (AvgIpc) is 3.87. The van der Waals surface area contributed by atoms with Gasteiger partial charge in [0.05, 0.1) is 36.3 Å². The van der Waals surface area contributed by atoms with Gasteiger partial charge in [-0.15, -0.1) is 0 Å². The fourth-order valence-electron chi connectivity index (χ4n) is 5.88. The molecule has 0 saturated carbocycles. The number of methoxy groups -OCH3 is 2. The van der Waals surface area contributed by atoms with Crippen molar-refractivity contribution < 1.29 is 32.5 Å². The molecule has 0 radical (unpaired) electrons. The molecule has 17 heteroatoms. The Bertz CT molecular complexity index is 2180. The van der Waals surface area contributed by atoms with Crippen LogP contribution in [0.25, 0.3) is 22.1 Å². The Labute approximate surface area is 286 Å². The highest BCUT2D eigenvalue weighted by molar-refractivity contribution is 6.02. The van der Waals surface area contributed by atoms with Gasteiger partial charge in [-0.05, 0) is 24.3 Å². The van der Waals surface area contributed by atoms with E-state index in [1.807, 2.05) is 84.9 Å². The molecule has 0 amide bonds. The topological polar surface area (TPSA) is 186 Å². The molecule has 8 rings (SSSR count). The van der Waals surface area contributed by atoms with E-state index < -0.39 is 23.5 Å². The van der Waals surface area contributed by atoms with Crippen LogP contribution in [-0.4, -0.2) is 63.3 Å². The van der Waals surface area contributed by atoms with Gasteiger partial charge in [0.25, 0.3) is 0 Å². The number of aliphatic carboxylic acids is 1. The van der Waals surface area contributed by atoms with Gasteiger partial charge in [-0.1, -0.05) is 60.7 Å². The zero-order valence-corrected chi connectivity index (χ0v) is 26.8. The lowest BCUT2D eigenvalue weighted by Gasteiger charge is -2.37. The number of hydrogen-bond acceptors (Lipinski definition) is 11. The molecule has 4 aromatic carbocycles. The molecule has 0 aliphatic carbocycles. The maximum atomic E-state index is 10.6. The van der Waals surface area contributed by atoms with Crippen molar-refractivity contribution in [2.24, 2.45) is 9.98 Å². The number of carboxylic acids is 1. The molecule has 260 valence electrons. The first kappa shape index (κ1) is 32.8. The number of anilines is 2. The molecule has 14 nitrogen and oxygen atoms in total. The van der Waals surface area contributed by atoms with E-state index in [-0.39, 0.29) is 0 Å². The number of aliphatic imine (C=N–C) groups is 2. The number of halogens is 3. The second kappa shape index (κ2) is 12.6. The molecule has 0 saturated heterocycles. The summed E-state index contributed by atoms with van der Waals surface area (Å²) in [7, 11) is 3.28. The number of nitrogens with zero attached hydrogens (tertiary/aromatic N) is 4. The van der Waals surface area contributed by atoms with Crippen molar-refractivity contribution in [3.05, 3.63) is 108 Å². The van der Waals surface area contributed by atoms with E-state index in [0.29, 0.717) is 23.8 Å². The zero-order valence-electron chi connectivity index (χ0n) is 26.8. The van der Waals surface area contributed by atoms with Gasteiger partial charge in [0, 0.05) is 23.3 Å². The number of aromatic amines is 2. The van der Waals surface area contributed by atoms with E-state index in [9.17, 15) is 13.2 Å². The number of carboxylic acid groups (broad SMARTS) is 1. The highest BCUT2D eigenvalue weighted by atomic mass is 19.4. The van der Waals surface area contributed by atoms with Gasteiger partial charge in [-0.3, -0.25) is 10.6 Å². The van der Waals surface area contributed by atoms with Crippen molar-refractivity contribution in [1.82, 2.24) is 30.6 Å². The Morgan fingerprint density at radius 3 is 1.55 bits per heavy atom. The highest BCUT2D eigenvalue weighted by Crippen LogP contribution is 2.49. The van der Waals surface area contributed by atoms with Gasteiger partial charge >= 0.3 is 12.1 Å². The Balaban J connectivity index is 0.000000529. The summed E-state index contributed by atoms with van der Waals surface area (Å²) in [5.41, 5.74) is 2.98. The standard InChI is InChI=1S/C32H28N10O2.C2HF3O2/c1-43-21-13-15-23-25(17-21)35-27(33-23)37-29-39-31(19-9-5-3-6-10-19)32(40-29,20-11-7-4-8-12-20)42-30(41-31)38-28-34-24-16-14-22(44-2)18-26(24)36-28;3-2(4,5)1(6)7/h3-18H,1-2H3,(H3,33,35,37,39,40)(H3,34,36,38,41,42);(H,6,7). The summed E-state index contributed by atoms with van der Waals surface area (Å²) in [5.74, 6) is 0.785. The van der Waals surface area contributed by atoms with Crippen LogP contribution in [0.3, 0.4) is 0 Å². The van der Waals surface area contributed by atoms with Crippen molar-refractivity contribution in [2.45, 2.75) is 17.5 Å². The molecule has 0 fully saturated rings. The number of rotatable bonds is 6. The molecule has 2 aliphatic heterocycles. The lowest BCUT2D eigenvalue weighted by atomic mass is 9.83. The minimum absolute atomic E-state index is 0.495. The largest absolute Gasteiger partial charge is 0.497 e. The molecular formula is C34H29F3N10O4. The van der Waals surface area contributed by atoms with E-state index in [0.717, 1.165) is 44.7 Å². The zero-order chi connectivity index (χ0) is 35.8. The lowest BCUT2D eigenvalue weighted by Crippen LogP contribution is -2.60. The molecule has 0 unspecified atom stereocenters. The van der Waals surface area contributed by atoms with Crippen molar-refractivity contribution in [3.8, 4) is 11.5 Å². The van der Waals surface area contributed by atoms with Gasteiger partial charge in [-0.25, -0.2) is 24.7 Å². The number of guanidine groups is 2. The third-order valence-electron chi connectivity index (χ3n) is 8.16. The van der Waals surface area contributed by atoms with Crippen LogP contribution in [-0.2, 0) is 16.1 Å². The maximum absolute atomic E-state index is 10.6. The quantitative estimate of drug-likeness (QED) is 0.121. The van der Waals surface area contributed by atoms with Crippen LogP contribution in [0.4, 0.5) is 25.1 Å². The van der Waals surface area contributed by atoms with Crippen molar-refractivity contribution in [2.75, 3.05) is 24.9 Å². The van der Waals surface area contributed by atoms with E-state index in [1.165, 1.54) is 0 Å². The Hall–Kier alpha value is -6.78. The number of benzene rings is 4. The average molecular weight is 699 g/mol. The fraction of sp³-hybridized carbons (Fsp3) is 0.147. The summed E-state index contributed by atoms with van der Waals surface area (Å²) in [5, 5.41) is 21.1. The second-order valence-electron chi connectivity index (χ2n) is 11.3. The third kappa shape index (κ3) is 6.04. The van der Waals surface area contributed by atoms with Crippen molar-refractivity contribution in [1.29, 1.82) is 0 Å². The summed E-state index contributed by atoms with van der Waals surface area (Å²) in [6.07, 6.45) is -5.08. The monoisotopic (exact) mass is 698 g/mol. The molecule has 2 aromatic heterocycles. The Kier molecular flexibility index (Phi) is 8.09. The van der Waals surface area contributed by atoms with Crippen LogP contribution in [0.15, 0.2) is 107 Å². The number of alkyl halides is 3. The number of hydrogen-bond donors (Lipinski definition) is 7.